The first-order valence-electron chi connectivity index (χ1n) is 9.78. The molecule has 1 aromatic carbocycles. The third-order valence-electron chi connectivity index (χ3n) is 6.24. The van der Waals surface area contributed by atoms with Crippen LogP contribution in [0.4, 0.5) is 5.69 Å². The molecule has 3 heterocycles. The standard InChI is InChI=1S/C21H21N3O5S/c1-30(27,28)23-15-4-2-14(3-5-15)20(7-8-20)19(26)24-11-9-21(13-24)17-6-10-22-12-16(17)18(25)29-21/h2-6,10,12,23H,7-9,11,13H2,1H3/t21-/m0/s1. The Morgan fingerprint density at radius 2 is 1.90 bits per heavy atom. The van der Waals surface area contributed by atoms with E-state index in [1.165, 1.54) is 6.20 Å². The molecule has 0 unspecified atom stereocenters. The van der Waals surface area contributed by atoms with Gasteiger partial charge in [-0.05, 0) is 36.6 Å². The van der Waals surface area contributed by atoms with E-state index in [1.54, 1.807) is 41.4 Å². The molecule has 1 amide bonds. The molecule has 9 heteroatoms. The van der Waals surface area contributed by atoms with E-state index in [0.29, 0.717) is 30.8 Å². The average Bonchev–Trinajstić information content (AvgIpc) is 3.33. The number of pyridine rings is 1. The van der Waals surface area contributed by atoms with Gasteiger partial charge in [-0.15, -0.1) is 0 Å². The van der Waals surface area contributed by atoms with Crippen molar-refractivity contribution in [3.63, 3.8) is 0 Å². The van der Waals surface area contributed by atoms with Crippen molar-refractivity contribution >= 4 is 27.6 Å². The highest BCUT2D eigenvalue weighted by molar-refractivity contribution is 7.92. The minimum atomic E-state index is -3.35. The van der Waals surface area contributed by atoms with E-state index in [4.69, 9.17) is 4.74 Å². The zero-order chi connectivity index (χ0) is 21.1. The number of anilines is 1. The molecule has 1 atom stereocenters. The molecule has 0 radical (unpaired) electrons. The zero-order valence-corrected chi connectivity index (χ0v) is 17.2. The lowest BCUT2D eigenvalue weighted by atomic mass is 9.92. The molecule has 30 heavy (non-hydrogen) atoms. The van der Waals surface area contributed by atoms with E-state index in [9.17, 15) is 18.0 Å². The van der Waals surface area contributed by atoms with Crippen LogP contribution in [0.5, 0.6) is 0 Å². The van der Waals surface area contributed by atoms with Gasteiger partial charge in [0, 0.05) is 36.6 Å². The summed E-state index contributed by atoms with van der Waals surface area (Å²) >= 11 is 0. The third-order valence-corrected chi connectivity index (χ3v) is 6.85. The van der Waals surface area contributed by atoms with Gasteiger partial charge in [0.15, 0.2) is 5.60 Å². The topological polar surface area (TPSA) is 106 Å². The van der Waals surface area contributed by atoms with E-state index in [0.717, 1.165) is 30.2 Å². The number of carbonyl (C=O) groups excluding carboxylic acids is 2. The lowest BCUT2D eigenvalue weighted by molar-refractivity contribution is -0.134. The lowest BCUT2D eigenvalue weighted by Gasteiger charge is -2.27. The van der Waals surface area contributed by atoms with Crippen molar-refractivity contribution in [1.29, 1.82) is 0 Å². The predicted octanol–water partition coefficient (Wildman–Crippen LogP) is 1.78. The van der Waals surface area contributed by atoms with Gasteiger partial charge in [0.05, 0.1) is 23.8 Å². The van der Waals surface area contributed by atoms with Crippen LogP contribution in [0.15, 0.2) is 42.7 Å². The van der Waals surface area contributed by atoms with Crippen LogP contribution < -0.4 is 4.72 Å². The average molecular weight is 427 g/mol. The van der Waals surface area contributed by atoms with Crippen LogP contribution >= 0.6 is 0 Å². The number of hydrogen-bond donors (Lipinski definition) is 1. The molecule has 0 bridgehead atoms. The molecule has 1 aliphatic carbocycles. The molecule has 2 fully saturated rings. The Morgan fingerprint density at radius 1 is 1.17 bits per heavy atom. The predicted molar refractivity (Wildman–Crippen MR) is 108 cm³/mol. The lowest BCUT2D eigenvalue weighted by Crippen LogP contribution is -2.40. The number of amides is 1. The molecule has 8 nitrogen and oxygen atoms in total. The molecule has 156 valence electrons. The molecule has 5 rings (SSSR count). The second-order valence-corrected chi connectivity index (χ2v) is 10.1. The highest BCUT2D eigenvalue weighted by Gasteiger charge is 2.57. The van der Waals surface area contributed by atoms with Crippen molar-refractivity contribution in [3.8, 4) is 0 Å². The summed E-state index contributed by atoms with van der Waals surface area (Å²) in [5.74, 6) is -0.357. The van der Waals surface area contributed by atoms with Crippen molar-refractivity contribution in [2.24, 2.45) is 0 Å². The Balaban J connectivity index is 1.37. The molecule has 1 aromatic heterocycles. The Morgan fingerprint density at radius 3 is 2.57 bits per heavy atom. The maximum absolute atomic E-state index is 13.4. The van der Waals surface area contributed by atoms with Gasteiger partial charge < -0.3 is 9.64 Å². The SMILES string of the molecule is CS(=O)(=O)Nc1ccc(C2(C(=O)N3CC[C@@]4(C3)OC(=O)c3cnccc34)CC2)cc1. The maximum Gasteiger partial charge on any atom is 0.341 e. The highest BCUT2D eigenvalue weighted by atomic mass is 32.2. The minimum absolute atomic E-state index is 0.0294. The van der Waals surface area contributed by atoms with Gasteiger partial charge in [0.2, 0.25) is 15.9 Å². The minimum Gasteiger partial charge on any atom is -0.449 e. The number of likely N-dealkylation sites (tertiary alicyclic amines) is 1. The summed E-state index contributed by atoms with van der Waals surface area (Å²) in [6, 6.07) is 8.77. The van der Waals surface area contributed by atoms with E-state index in [2.05, 4.69) is 9.71 Å². The van der Waals surface area contributed by atoms with E-state index < -0.39 is 21.0 Å². The van der Waals surface area contributed by atoms with Gasteiger partial charge in [-0.2, -0.15) is 0 Å². The van der Waals surface area contributed by atoms with Crippen molar-refractivity contribution in [3.05, 3.63) is 59.4 Å². The summed E-state index contributed by atoms with van der Waals surface area (Å²) in [7, 11) is -3.35. The van der Waals surface area contributed by atoms with Gasteiger partial charge in [-0.25, -0.2) is 13.2 Å². The number of fused-ring (bicyclic) bond motifs is 2. The summed E-state index contributed by atoms with van der Waals surface area (Å²) in [4.78, 5) is 31.5. The van der Waals surface area contributed by atoms with Gasteiger partial charge in [-0.1, -0.05) is 12.1 Å². The van der Waals surface area contributed by atoms with Crippen LogP contribution in [0.3, 0.4) is 0 Å². The Labute approximate surface area is 174 Å². The molecule has 3 aliphatic rings. The molecule has 2 aromatic rings. The molecule has 2 aliphatic heterocycles. The maximum atomic E-state index is 13.4. The molecular formula is C21H21N3O5S. The summed E-state index contributed by atoms with van der Waals surface area (Å²) in [5.41, 5.74) is 1.25. The zero-order valence-electron chi connectivity index (χ0n) is 16.4. The fourth-order valence-corrected chi connectivity index (χ4v) is 5.19. The number of ether oxygens (including phenoxy) is 1. The Bertz CT molecular complexity index is 1160. The van der Waals surface area contributed by atoms with Crippen molar-refractivity contribution < 1.29 is 22.7 Å². The van der Waals surface area contributed by atoms with E-state index >= 15 is 0 Å². The second kappa shape index (κ2) is 6.28. The Hall–Kier alpha value is -2.94. The van der Waals surface area contributed by atoms with E-state index in [-0.39, 0.29) is 11.9 Å². The molecule has 1 saturated carbocycles. The smallest absolute Gasteiger partial charge is 0.341 e. The van der Waals surface area contributed by atoms with Gasteiger partial charge in [0.25, 0.3) is 0 Å². The summed E-state index contributed by atoms with van der Waals surface area (Å²) in [6.07, 6.45) is 6.31. The van der Waals surface area contributed by atoms with Crippen molar-refractivity contribution in [2.45, 2.75) is 30.3 Å². The van der Waals surface area contributed by atoms with Crippen LogP contribution in [0.1, 0.15) is 40.7 Å². The fourth-order valence-electron chi connectivity index (χ4n) is 4.63. The molecule has 1 N–H and O–H groups in total. The highest BCUT2D eigenvalue weighted by Crippen LogP contribution is 2.52. The van der Waals surface area contributed by atoms with Crippen LogP contribution in [-0.2, 0) is 30.6 Å². The third kappa shape index (κ3) is 2.96. The number of benzene rings is 1. The Kier molecular flexibility index (Phi) is 3.99. The number of sulfonamides is 1. The first-order chi connectivity index (χ1) is 14.2. The molecular weight excluding hydrogens is 406 g/mol. The summed E-state index contributed by atoms with van der Waals surface area (Å²) in [6.45, 7) is 0.855. The first kappa shape index (κ1) is 19.0. The molecule has 1 spiro atoms. The summed E-state index contributed by atoms with van der Waals surface area (Å²) < 4.78 is 31.0. The number of rotatable bonds is 4. The van der Waals surface area contributed by atoms with Crippen molar-refractivity contribution in [2.75, 3.05) is 24.1 Å². The van der Waals surface area contributed by atoms with Crippen molar-refractivity contribution in [1.82, 2.24) is 9.88 Å². The van der Waals surface area contributed by atoms with Crippen LogP contribution in [-0.4, -0.2) is 49.5 Å². The second-order valence-electron chi connectivity index (χ2n) is 8.32. The number of esters is 1. The monoisotopic (exact) mass is 427 g/mol. The van der Waals surface area contributed by atoms with Gasteiger partial charge in [0.1, 0.15) is 0 Å². The van der Waals surface area contributed by atoms with Gasteiger partial charge >= 0.3 is 5.97 Å². The fraction of sp³-hybridized carbons (Fsp3) is 0.381. The molecule has 1 saturated heterocycles. The number of carbonyl (C=O) groups is 2. The summed E-state index contributed by atoms with van der Waals surface area (Å²) in [5, 5.41) is 0. The number of nitrogens with zero attached hydrogens (tertiary/aromatic N) is 2. The number of nitrogens with one attached hydrogen (secondary N) is 1. The van der Waals surface area contributed by atoms with Gasteiger partial charge in [-0.3, -0.25) is 14.5 Å². The first-order valence-corrected chi connectivity index (χ1v) is 11.7. The van der Waals surface area contributed by atoms with Crippen LogP contribution in [0.2, 0.25) is 0 Å². The van der Waals surface area contributed by atoms with E-state index in [1.807, 2.05) is 0 Å². The normalized spacial score (nSPS) is 23.9. The van der Waals surface area contributed by atoms with Crippen LogP contribution in [0.25, 0.3) is 0 Å². The quantitative estimate of drug-likeness (QED) is 0.746. The largest absolute Gasteiger partial charge is 0.449 e. The van der Waals surface area contributed by atoms with Crippen LogP contribution in [0, 0.1) is 0 Å². The number of aromatic nitrogens is 1. The number of hydrogen-bond acceptors (Lipinski definition) is 6.